The molecule has 0 radical (unpaired) electrons. The highest BCUT2D eigenvalue weighted by atomic mass is 35.5. The maximum Gasteiger partial charge on any atom is 0.190 e. The Morgan fingerprint density at radius 1 is 0.833 bits per heavy atom. The van der Waals surface area contributed by atoms with Crippen molar-refractivity contribution in [3.8, 4) is 11.5 Å². The average molecular weight is 287 g/mol. The molecule has 0 atom stereocenters. The number of benzene rings is 1. The monoisotopic (exact) mass is 286 g/mol. The minimum Gasteiger partial charge on any atom is -0.494 e. The Bertz CT molecular complexity index is 539. The molecule has 94 valence electrons. The van der Waals surface area contributed by atoms with Gasteiger partial charge in [0, 0.05) is 0 Å². The van der Waals surface area contributed by atoms with E-state index >= 15 is 0 Å². The summed E-state index contributed by atoms with van der Waals surface area (Å²) in [7, 11) is 2.70. The molecule has 0 aliphatic heterocycles. The van der Waals surface area contributed by atoms with Gasteiger partial charge >= 0.3 is 0 Å². The molecule has 0 spiro atoms. The third-order valence-electron chi connectivity index (χ3n) is 2.58. The highest BCUT2D eigenvalue weighted by Crippen LogP contribution is 2.46. The molecule has 6 heteroatoms. The number of ketones is 2. The molecule has 0 aromatic heterocycles. The Labute approximate surface area is 113 Å². The molecule has 0 fully saturated rings. The second kappa shape index (κ2) is 4.63. The first kappa shape index (κ1) is 12.9. The minimum atomic E-state index is -0.377. The lowest BCUT2D eigenvalue weighted by atomic mass is 9.93. The molecule has 1 aliphatic carbocycles. The number of methoxy groups -OCH3 is 2. The summed E-state index contributed by atoms with van der Waals surface area (Å²) in [4.78, 5) is 23.7. The Kier molecular flexibility index (Phi) is 3.32. The maximum absolute atomic E-state index is 11.9. The van der Waals surface area contributed by atoms with E-state index < -0.39 is 0 Å². The lowest BCUT2D eigenvalue weighted by Gasteiger charge is -2.19. The van der Waals surface area contributed by atoms with Crippen LogP contribution in [0.25, 0.3) is 0 Å². The van der Waals surface area contributed by atoms with Crippen LogP contribution >= 0.6 is 23.2 Å². The molecule has 1 aromatic rings. The van der Waals surface area contributed by atoms with E-state index in [4.69, 9.17) is 32.7 Å². The van der Waals surface area contributed by atoms with Crippen LogP contribution in [0.2, 0.25) is 10.0 Å². The SMILES string of the molecule is COc1c(Cl)c(Cl)c(OC)c2c1C(=O)C=CC2=O. The van der Waals surface area contributed by atoms with E-state index in [1.807, 2.05) is 0 Å². The van der Waals surface area contributed by atoms with Gasteiger partial charge in [0.05, 0.1) is 25.3 Å². The van der Waals surface area contributed by atoms with Gasteiger partial charge in [0.1, 0.15) is 10.0 Å². The number of hydrogen-bond donors (Lipinski definition) is 0. The molecular formula is C12H8Cl2O4. The van der Waals surface area contributed by atoms with E-state index in [2.05, 4.69) is 0 Å². The average Bonchev–Trinajstić information content (AvgIpc) is 2.36. The summed E-state index contributed by atoms with van der Waals surface area (Å²) in [5, 5.41) is 0.0948. The van der Waals surface area contributed by atoms with Crippen molar-refractivity contribution in [2.75, 3.05) is 14.2 Å². The molecule has 2 rings (SSSR count). The van der Waals surface area contributed by atoms with Gasteiger partial charge < -0.3 is 9.47 Å². The van der Waals surface area contributed by atoms with E-state index in [0.29, 0.717) is 0 Å². The van der Waals surface area contributed by atoms with Gasteiger partial charge in [-0.3, -0.25) is 9.59 Å². The molecular weight excluding hydrogens is 279 g/mol. The van der Waals surface area contributed by atoms with Crippen LogP contribution in [-0.2, 0) is 0 Å². The van der Waals surface area contributed by atoms with Gasteiger partial charge in [-0.25, -0.2) is 0 Å². The maximum atomic E-state index is 11.9. The fraction of sp³-hybridized carbons (Fsp3) is 0.167. The first-order valence-electron chi connectivity index (χ1n) is 4.92. The highest BCUT2D eigenvalue weighted by molar-refractivity contribution is 6.45. The molecule has 4 nitrogen and oxygen atoms in total. The fourth-order valence-electron chi connectivity index (χ4n) is 1.82. The smallest absolute Gasteiger partial charge is 0.190 e. The quantitative estimate of drug-likeness (QED) is 0.839. The van der Waals surface area contributed by atoms with Crippen LogP contribution in [0.15, 0.2) is 12.2 Å². The standard InChI is InChI=1S/C12H8Cl2O4/c1-17-11-7-5(15)3-4-6(16)8(7)12(18-2)10(14)9(11)13/h3-4H,1-2H3. The molecule has 0 bridgehead atoms. The zero-order valence-corrected chi connectivity index (χ0v) is 11.1. The number of hydrogen-bond acceptors (Lipinski definition) is 4. The summed E-state index contributed by atoms with van der Waals surface area (Å²) in [6.45, 7) is 0. The number of ether oxygens (including phenoxy) is 2. The Morgan fingerprint density at radius 2 is 1.17 bits per heavy atom. The Balaban J connectivity index is 2.93. The van der Waals surface area contributed by atoms with Crippen LogP contribution in [0.1, 0.15) is 20.7 Å². The first-order chi connectivity index (χ1) is 8.52. The van der Waals surface area contributed by atoms with Gasteiger partial charge in [0.2, 0.25) is 0 Å². The zero-order valence-electron chi connectivity index (χ0n) is 9.54. The minimum absolute atomic E-state index is 0.0474. The predicted molar refractivity (Wildman–Crippen MR) is 67.4 cm³/mol. The molecule has 0 amide bonds. The number of allylic oxidation sites excluding steroid dienone is 2. The summed E-state index contributed by atoms with van der Waals surface area (Å²) in [6.07, 6.45) is 2.33. The van der Waals surface area contributed by atoms with Crippen LogP contribution in [0, 0.1) is 0 Å². The Hall–Kier alpha value is -1.52. The molecule has 0 N–H and O–H groups in total. The molecule has 0 heterocycles. The topological polar surface area (TPSA) is 52.6 Å². The second-order valence-electron chi connectivity index (χ2n) is 3.51. The lowest BCUT2D eigenvalue weighted by molar-refractivity contribution is 0.0989. The van der Waals surface area contributed by atoms with Gasteiger partial charge in [-0.2, -0.15) is 0 Å². The van der Waals surface area contributed by atoms with E-state index in [0.717, 1.165) is 12.2 Å². The Morgan fingerprint density at radius 3 is 1.44 bits per heavy atom. The summed E-state index contributed by atoms with van der Waals surface area (Å²) in [5.41, 5.74) is 0.160. The molecule has 18 heavy (non-hydrogen) atoms. The summed E-state index contributed by atoms with van der Waals surface area (Å²) < 4.78 is 10.1. The second-order valence-corrected chi connectivity index (χ2v) is 4.26. The first-order valence-corrected chi connectivity index (χ1v) is 5.68. The predicted octanol–water partition coefficient (Wildman–Crippen LogP) is 2.95. The fourth-order valence-corrected chi connectivity index (χ4v) is 2.33. The van der Waals surface area contributed by atoms with Crippen LogP contribution < -0.4 is 9.47 Å². The summed E-state index contributed by atoms with van der Waals surface area (Å²) in [5.74, 6) is -0.586. The number of carbonyl (C=O) groups excluding carboxylic acids is 2. The van der Waals surface area contributed by atoms with Crippen molar-refractivity contribution in [2.24, 2.45) is 0 Å². The van der Waals surface area contributed by atoms with Crippen molar-refractivity contribution in [1.82, 2.24) is 0 Å². The van der Waals surface area contributed by atoms with Crippen molar-refractivity contribution in [1.29, 1.82) is 0 Å². The van der Waals surface area contributed by atoms with Crippen molar-refractivity contribution in [3.63, 3.8) is 0 Å². The van der Waals surface area contributed by atoms with Gasteiger partial charge in [0.15, 0.2) is 23.1 Å². The van der Waals surface area contributed by atoms with Crippen LogP contribution in [0.5, 0.6) is 11.5 Å². The number of rotatable bonds is 2. The molecule has 0 saturated heterocycles. The summed E-state index contributed by atoms with van der Waals surface area (Å²) in [6, 6.07) is 0. The van der Waals surface area contributed by atoms with Crippen molar-refractivity contribution < 1.29 is 19.1 Å². The third-order valence-corrected chi connectivity index (χ3v) is 3.40. The van der Waals surface area contributed by atoms with Crippen molar-refractivity contribution >= 4 is 34.8 Å². The van der Waals surface area contributed by atoms with Crippen LogP contribution in [0.4, 0.5) is 0 Å². The largest absolute Gasteiger partial charge is 0.494 e. The summed E-state index contributed by atoms with van der Waals surface area (Å²) >= 11 is 12.0. The van der Waals surface area contributed by atoms with Gasteiger partial charge in [-0.05, 0) is 12.2 Å². The molecule has 0 saturated carbocycles. The third kappa shape index (κ3) is 1.69. The van der Waals surface area contributed by atoms with E-state index in [9.17, 15) is 9.59 Å². The number of halogens is 2. The van der Waals surface area contributed by atoms with Crippen LogP contribution in [-0.4, -0.2) is 25.8 Å². The molecule has 1 aromatic carbocycles. The normalized spacial score (nSPS) is 13.6. The van der Waals surface area contributed by atoms with Crippen molar-refractivity contribution in [2.45, 2.75) is 0 Å². The number of fused-ring (bicyclic) bond motifs is 1. The van der Waals surface area contributed by atoms with Gasteiger partial charge in [0.25, 0.3) is 0 Å². The van der Waals surface area contributed by atoms with E-state index in [1.165, 1.54) is 14.2 Å². The molecule has 1 aliphatic rings. The van der Waals surface area contributed by atoms with Gasteiger partial charge in [-0.15, -0.1) is 0 Å². The molecule has 0 unspecified atom stereocenters. The van der Waals surface area contributed by atoms with E-state index in [-0.39, 0.29) is 44.2 Å². The van der Waals surface area contributed by atoms with E-state index in [1.54, 1.807) is 0 Å². The number of carbonyl (C=O) groups is 2. The van der Waals surface area contributed by atoms with Gasteiger partial charge in [-0.1, -0.05) is 23.2 Å². The zero-order chi connectivity index (χ0) is 13.4. The lowest BCUT2D eigenvalue weighted by Crippen LogP contribution is -2.15. The van der Waals surface area contributed by atoms with Crippen molar-refractivity contribution in [3.05, 3.63) is 33.3 Å². The highest BCUT2D eigenvalue weighted by Gasteiger charge is 2.32. The van der Waals surface area contributed by atoms with Crippen LogP contribution in [0.3, 0.4) is 0 Å².